The Hall–Kier alpha value is -1.15. The van der Waals surface area contributed by atoms with Gasteiger partial charge in [0.2, 0.25) is 10.0 Å². The summed E-state index contributed by atoms with van der Waals surface area (Å²) in [5.41, 5.74) is 0. The summed E-state index contributed by atoms with van der Waals surface area (Å²) in [7, 11) is -2.06. The van der Waals surface area contributed by atoms with Gasteiger partial charge in [0.25, 0.3) is 0 Å². The highest BCUT2D eigenvalue weighted by atomic mass is 32.2. The topological polar surface area (TPSA) is 73.9 Å². The second kappa shape index (κ2) is 8.21. The molecule has 0 aliphatic carbocycles. The molecule has 0 atom stereocenters. The second-order valence-electron chi connectivity index (χ2n) is 3.87. The van der Waals surface area contributed by atoms with E-state index in [0.29, 0.717) is 19.0 Å². The Labute approximate surface area is 120 Å². The van der Waals surface area contributed by atoms with E-state index in [9.17, 15) is 8.42 Å². The van der Waals surface area contributed by atoms with Gasteiger partial charge in [-0.3, -0.25) is 0 Å². The fourth-order valence-corrected chi connectivity index (χ4v) is 2.57. The number of hydrogen-bond donors (Lipinski definition) is 1. The fourth-order valence-electron chi connectivity index (χ4n) is 1.55. The first-order chi connectivity index (χ1) is 9.53. The van der Waals surface area contributed by atoms with Crippen molar-refractivity contribution >= 4 is 10.0 Å². The van der Waals surface area contributed by atoms with Gasteiger partial charge in [0.15, 0.2) is 6.29 Å². The summed E-state index contributed by atoms with van der Waals surface area (Å²) in [6.07, 6.45) is -0.585. The quantitative estimate of drug-likeness (QED) is 0.698. The molecule has 0 amide bonds. The fraction of sp³-hybridized carbons (Fsp3) is 0.538. The van der Waals surface area contributed by atoms with Crippen LogP contribution in [0.5, 0.6) is 5.75 Å². The zero-order chi connectivity index (χ0) is 15.0. The maximum Gasteiger partial charge on any atom is 0.240 e. The largest absolute Gasteiger partial charge is 0.497 e. The van der Waals surface area contributed by atoms with Crippen LogP contribution in [0, 0.1) is 0 Å². The molecule has 0 bridgehead atoms. The molecule has 0 fully saturated rings. The summed E-state index contributed by atoms with van der Waals surface area (Å²) in [5, 5.41) is 0. The predicted molar refractivity (Wildman–Crippen MR) is 75.2 cm³/mol. The van der Waals surface area contributed by atoms with E-state index in [2.05, 4.69) is 4.72 Å². The zero-order valence-electron chi connectivity index (χ0n) is 12.0. The molecule has 1 aromatic rings. The van der Waals surface area contributed by atoms with Gasteiger partial charge in [-0.1, -0.05) is 0 Å². The number of nitrogens with one attached hydrogen (secondary N) is 1. The molecule has 7 heteroatoms. The van der Waals surface area contributed by atoms with Crippen LogP contribution in [0.25, 0.3) is 0 Å². The lowest BCUT2D eigenvalue weighted by molar-refractivity contribution is -0.130. The normalized spacial score (nSPS) is 11.8. The lowest BCUT2D eigenvalue weighted by Crippen LogP contribution is -2.35. The molecule has 0 unspecified atom stereocenters. The van der Waals surface area contributed by atoms with Crippen molar-refractivity contribution in [3.8, 4) is 5.75 Å². The first kappa shape index (κ1) is 16.9. The Morgan fingerprint density at radius 2 is 1.65 bits per heavy atom. The van der Waals surface area contributed by atoms with Gasteiger partial charge in [-0.05, 0) is 38.1 Å². The zero-order valence-corrected chi connectivity index (χ0v) is 12.8. The highest BCUT2D eigenvalue weighted by molar-refractivity contribution is 7.89. The second-order valence-corrected chi connectivity index (χ2v) is 5.63. The van der Waals surface area contributed by atoms with Crippen molar-refractivity contribution in [1.29, 1.82) is 0 Å². The molecular weight excluding hydrogens is 282 g/mol. The van der Waals surface area contributed by atoms with Crippen molar-refractivity contribution < 1.29 is 22.6 Å². The van der Waals surface area contributed by atoms with Gasteiger partial charge >= 0.3 is 0 Å². The van der Waals surface area contributed by atoms with E-state index in [4.69, 9.17) is 14.2 Å². The van der Waals surface area contributed by atoms with Gasteiger partial charge < -0.3 is 14.2 Å². The number of hydrogen-bond acceptors (Lipinski definition) is 5. The molecule has 0 heterocycles. The standard InChI is InChI=1S/C13H21NO5S/c1-4-18-13(19-5-2)10-14-20(15,16)12-8-6-11(17-3)7-9-12/h6-9,13-14H,4-5,10H2,1-3H3. The van der Waals surface area contributed by atoms with Gasteiger partial charge in [0.1, 0.15) is 5.75 Å². The van der Waals surface area contributed by atoms with Crippen LogP contribution in [0.3, 0.4) is 0 Å². The summed E-state index contributed by atoms with van der Waals surface area (Å²) >= 11 is 0. The maximum atomic E-state index is 12.1. The molecule has 114 valence electrons. The van der Waals surface area contributed by atoms with E-state index >= 15 is 0 Å². The van der Waals surface area contributed by atoms with Gasteiger partial charge in [-0.15, -0.1) is 0 Å². The number of benzene rings is 1. The van der Waals surface area contributed by atoms with Crippen molar-refractivity contribution in [2.24, 2.45) is 0 Å². The van der Waals surface area contributed by atoms with E-state index in [0.717, 1.165) is 0 Å². The number of sulfonamides is 1. The van der Waals surface area contributed by atoms with Crippen LogP contribution >= 0.6 is 0 Å². The molecule has 0 saturated heterocycles. The molecule has 0 spiro atoms. The molecule has 20 heavy (non-hydrogen) atoms. The molecule has 1 aromatic carbocycles. The molecule has 0 saturated carbocycles. The summed E-state index contributed by atoms with van der Waals surface area (Å²) < 4.78 is 42.2. The highest BCUT2D eigenvalue weighted by Crippen LogP contribution is 2.15. The van der Waals surface area contributed by atoms with Crippen LogP contribution in [0.1, 0.15) is 13.8 Å². The van der Waals surface area contributed by atoms with E-state index in [-0.39, 0.29) is 11.4 Å². The maximum absolute atomic E-state index is 12.1. The van der Waals surface area contributed by atoms with E-state index in [1.54, 1.807) is 12.1 Å². The third kappa shape index (κ3) is 5.09. The average Bonchev–Trinajstić information content (AvgIpc) is 2.45. The van der Waals surface area contributed by atoms with E-state index in [1.807, 2.05) is 13.8 Å². The summed E-state index contributed by atoms with van der Waals surface area (Å²) in [4.78, 5) is 0.171. The molecule has 0 aromatic heterocycles. The van der Waals surface area contributed by atoms with Crippen LogP contribution in [-0.2, 0) is 19.5 Å². The monoisotopic (exact) mass is 303 g/mol. The Kier molecular flexibility index (Phi) is 6.94. The van der Waals surface area contributed by atoms with Gasteiger partial charge in [0.05, 0.1) is 18.6 Å². The summed E-state index contributed by atoms with van der Waals surface area (Å²) in [5.74, 6) is 0.602. The molecule has 6 nitrogen and oxygen atoms in total. The molecule has 1 N–H and O–H groups in total. The van der Waals surface area contributed by atoms with Gasteiger partial charge in [-0.25, -0.2) is 13.1 Å². The van der Waals surface area contributed by atoms with Crippen LogP contribution in [0.4, 0.5) is 0 Å². The number of ether oxygens (including phenoxy) is 3. The molecule has 0 radical (unpaired) electrons. The first-order valence-corrected chi connectivity index (χ1v) is 7.88. The van der Waals surface area contributed by atoms with Crippen molar-refractivity contribution in [3.05, 3.63) is 24.3 Å². The minimum atomic E-state index is -3.58. The van der Waals surface area contributed by atoms with Crippen LogP contribution in [0.15, 0.2) is 29.2 Å². The molecule has 0 aliphatic rings. The van der Waals surface area contributed by atoms with Crippen LogP contribution < -0.4 is 9.46 Å². The lowest BCUT2D eigenvalue weighted by Gasteiger charge is -2.17. The summed E-state index contributed by atoms with van der Waals surface area (Å²) in [6, 6.07) is 6.16. The highest BCUT2D eigenvalue weighted by Gasteiger charge is 2.17. The lowest BCUT2D eigenvalue weighted by atomic mass is 10.3. The van der Waals surface area contributed by atoms with Gasteiger partial charge in [0, 0.05) is 13.2 Å². The third-order valence-electron chi connectivity index (χ3n) is 2.51. The Morgan fingerprint density at radius 3 is 2.10 bits per heavy atom. The van der Waals surface area contributed by atoms with Crippen LogP contribution in [-0.4, -0.2) is 41.6 Å². The summed E-state index contributed by atoms with van der Waals surface area (Å²) in [6.45, 7) is 4.62. The Balaban J connectivity index is 2.68. The van der Waals surface area contributed by atoms with Crippen LogP contribution in [0.2, 0.25) is 0 Å². The first-order valence-electron chi connectivity index (χ1n) is 6.40. The minimum absolute atomic E-state index is 0.0655. The van der Waals surface area contributed by atoms with Crippen molar-refractivity contribution in [1.82, 2.24) is 4.72 Å². The van der Waals surface area contributed by atoms with Crippen molar-refractivity contribution in [3.63, 3.8) is 0 Å². The number of methoxy groups -OCH3 is 1. The van der Waals surface area contributed by atoms with E-state index in [1.165, 1.54) is 19.2 Å². The molecular formula is C13H21NO5S. The molecule has 1 rings (SSSR count). The number of rotatable bonds is 9. The van der Waals surface area contributed by atoms with Crippen molar-refractivity contribution in [2.75, 3.05) is 26.9 Å². The molecule has 0 aliphatic heterocycles. The smallest absolute Gasteiger partial charge is 0.240 e. The third-order valence-corrected chi connectivity index (χ3v) is 3.95. The Bertz CT molecular complexity index is 480. The SMILES string of the molecule is CCOC(CNS(=O)(=O)c1ccc(OC)cc1)OCC. The van der Waals surface area contributed by atoms with Crippen molar-refractivity contribution in [2.45, 2.75) is 25.0 Å². The van der Waals surface area contributed by atoms with Gasteiger partial charge in [-0.2, -0.15) is 0 Å². The Morgan fingerprint density at radius 1 is 1.10 bits per heavy atom. The minimum Gasteiger partial charge on any atom is -0.497 e. The van der Waals surface area contributed by atoms with E-state index < -0.39 is 16.3 Å². The predicted octanol–water partition coefficient (Wildman–Crippen LogP) is 1.37. The average molecular weight is 303 g/mol.